The summed E-state index contributed by atoms with van der Waals surface area (Å²) >= 11 is 1.55. The summed E-state index contributed by atoms with van der Waals surface area (Å²) < 4.78 is 13.4. The van der Waals surface area contributed by atoms with E-state index in [9.17, 15) is 4.39 Å². The van der Waals surface area contributed by atoms with Crippen LogP contribution in [0.1, 0.15) is 22.9 Å². The molecule has 1 unspecified atom stereocenters. The van der Waals surface area contributed by atoms with Crippen molar-refractivity contribution in [3.63, 3.8) is 0 Å². The lowest BCUT2D eigenvalue weighted by atomic mass is 9.96. The minimum absolute atomic E-state index is 0.104. The lowest BCUT2D eigenvalue weighted by Crippen LogP contribution is -2.13. The van der Waals surface area contributed by atoms with E-state index in [1.165, 1.54) is 12.1 Å². The molecule has 2 N–H and O–H groups in total. The van der Waals surface area contributed by atoms with E-state index in [1.807, 2.05) is 29.6 Å². The van der Waals surface area contributed by atoms with Gasteiger partial charge in [-0.3, -0.25) is 0 Å². The third kappa shape index (κ3) is 2.67. The highest BCUT2D eigenvalue weighted by Gasteiger charge is 2.21. The first-order chi connectivity index (χ1) is 11.7. The molecule has 0 spiro atoms. The van der Waals surface area contributed by atoms with Crippen LogP contribution in [0.25, 0.3) is 10.9 Å². The van der Waals surface area contributed by atoms with E-state index in [1.54, 1.807) is 17.5 Å². The predicted octanol–water partition coefficient (Wildman–Crippen LogP) is 5.27. The third-order valence-corrected chi connectivity index (χ3v) is 4.84. The number of aromatic amines is 1. The second kappa shape index (κ2) is 6.09. The van der Waals surface area contributed by atoms with E-state index in [0.29, 0.717) is 0 Å². The van der Waals surface area contributed by atoms with Gasteiger partial charge < -0.3 is 10.3 Å². The highest BCUT2D eigenvalue weighted by molar-refractivity contribution is 7.13. The molecule has 4 rings (SSSR count). The van der Waals surface area contributed by atoms with Crippen molar-refractivity contribution in [2.24, 2.45) is 0 Å². The van der Waals surface area contributed by atoms with Crippen LogP contribution >= 0.6 is 11.3 Å². The fourth-order valence-corrected chi connectivity index (χ4v) is 3.62. The summed E-state index contributed by atoms with van der Waals surface area (Å²) in [6.45, 7) is 2.06. The van der Waals surface area contributed by atoms with Crippen LogP contribution in [0.5, 0.6) is 0 Å². The van der Waals surface area contributed by atoms with Crippen LogP contribution in [0.3, 0.4) is 0 Å². The van der Waals surface area contributed by atoms with Crippen molar-refractivity contribution in [2.75, 3.05) is 5.32 Å². The van der Waals surface area contributed by atoms with Gasteiger partial charge in [0.25, 0.3) is 0 Å². The molecule has 2 aromatic carbocycles. The van der Waals surface area contributed by atoms with Crippen LogP contribution in [0.4, 0.5) is 9.52 Å². The predicted molar refractivity (Wildman–Crippen MR) is 97.0 cm³/mol. The highest BCUT2D eigenvalue weighted by atomic mass is 32.1. The molecule has 0 saturated heterocycles. The summed E-state index contributed by atoms with van der Waals surface area (Å²) in [6, 6.07) is 14.8. The van der Waals surface area contributed by atoms with Crippen molar-refractivity contribution in [3.05, 3.63) is 82.7 Å². The van der Waals surface area contributed by atoms with Crippen LogP contribution < -0.4 is 5.32 Å². The molecule has 3 nitrogen and oxygen atoms in total. The van der Waals surface area contributed by atoms with Gasteiger partial charge in [0.05, 0.1) is 6.04 Å². The summed E-state index contributed by atoms with van der Waals surface area (Å²) in [4.78, 5) is 7.78. The standard InChI is InChI=1S/C19H16FN3S/c1-12-17(15-4-2-3-5-16(15)22-12)18(23-19-21-10-11-24-19)13-6-8-14(20)9-7-13/h2-11,18,22H,1H3,(H,21,23). The Labute approximate surface area is 143 Å². The van der Waals surface area contributed by atoms with Gasteiger partial charge in [0.2, 0.25) is 0 Å². The first-order valence-corrected chi connectivity index (χ1v) is 8.59. The van der Waals surface area contributed by atoms with Crippen LogP contribution in [0, 0.1) is 12.7 Å². The quantitative estimate of drug-likeness (QED) is 0.532. The van der Waals surface area contributed by atoms with Crippen molar-refractivity contribution in [1.82, 2.24) is 9.97 Å². The first kappa shape index (κ1) is 14.9. The molecule has 4 aromatic rings. The minimum atomic E-state index is -0.234. The van der Waals surface area contributed by atoms with E-state index < -0.39 is 0 Å². The number of hydrogen-bond acceptors (Lipinski definition) is 3. The number of fused-ring (bicyclic) bond motifs is 1. The number of thiazole rings is 1. The van der Waals surface area contributed by atoms with Crippen LogP contribution in [-0.2, 0) is 0 Å². The van der Waals surface area contributed by atoms with Crippen molar-refractivity contribution < 1.29 is 4.39 Å². The van der Waals surface area contributed by atoms with Gasteiger partial charge in [-0.1, -0.05) is 30.3 Å². The number of benzene rings is 2. The summed E-state index contributed by atoms with van der Waals surface area (Å²) in [5, 5.41) is 7.43. The van der Waals surface area contributed by atoms with E-state index in [4.69, 9.17) is 0 Å². The second-order valence-electron chi connectivity index (χ2n) is 5.68. The molecule has 0 aliphatic rings. The Kier molecular flexibility index (Phi) is 3.78. The molecular weight excluding hydrogens is 321 g/mol. The largest absolute Gasteiger partial charge is 0.358 e. The van der Waals surface area contributed by atoms with Crippen LogP contribution in [0.2, 0.25) is 0 Å². The summed E-state index contributed by atoms with van der Waals surface area (Å²) in [7, 11) is 0. The van der Waals surface area contributed by atoms with Gasteiger partial charge in [-0.25, -0.2) is 9.37 Å². The normalized spacial score (nSPS) is 12.4. The number of rotatable bonds is 4. The number of halogens is 1. The number of nitrogens with zero attached hydrogens (tertiary/aromatic N) is 1. The Hall–Kier alpha value is -2.66. The molecule has 0 fully saturated rings. The molecule has 2 aromatic heterocycles. The molecule has 0 bridgehead atoms. The maximum Gasteiger partial charge on any atom is 0.183 e. The van der Waals surface area contributed by atoms with Crippen molar-refractivity contribution in [3.8, 4) is 0 Å². The number of anilines is 1. The second-order valence-corrected chi connectivity index (χ2v) is 6.57. The minimum Gasteiger partial charge on any atom is -0.358 e. The molecular formula is C19H16FN3S. The zero-order chi connectivity index (χ0) is 16.5. The zero-order valence-corrected chi connectivity index (χ0v) is 13.9. The first-order valence-electron chi connectivity index (χ1n) is 7.71. The maximum absolute atomic E-state index is 13.4. The highest BCUT2D eigenvalue weighted by Crippen LogP contribution is 2.34. The van der Waals surface area contributed by atoms with Gasteiger partial charge in [0.1, 0.15) is 5.82 Å². The van der Waals surface area contributed by atoms with Gasteiger partial charge in [-0.05, 0) is 30.7 Å². The lowest BCUT2D eigenvalue weighted by molar-refractivity contribution is 0.626. The van der Waals surface area contributed by atoms with Gasteiger partial charge in [-0.2, -0.15) is 0 Å². The molecule has 24 heavy (non-hydrogen) atoms. The summed E-state index contributed by atoms with van der Waals surface area (Å²) in [5.41, 5.74) is 4.35. The molecule has 0 aliphatic heterocycles. The van der Waals surface area contributed by atoms with E-state index >= 15 is 0 Å². The van der Waals surface area contributed by atoms with Crippen molar-refractivity contribution >= 4 is 27.4 Å². The van der Waals surface area contributed by atoms with E-state index in [-0.39, 0.29) is 11.9 Å². The lowest BCUT2D eigenvalue weighted by Gasteiger charge is -2.20. The summed E-state index contributed by atoms with van der Waals surface area (Å²) in [6.07, 6.45) is 1.77. The monoisotopic (exact) mass is 337 g/mol. The number of hydrogen-bond donors (Lipinski definition) is 2. The molecule has 0 aliphatic carbocycles. The number of aryl methyl sites for hydroxylation is 1. The van der Waals surface area contributed by atoms with Gasteiger partial charge >= 0.3 is 0 Å². The van der Waals surface area contributed by atoms with Crippen molar-refractivity contribution in [2.45, 2.75) is 13.0 Å². The van der Waals surface area contributed by atoms with Gasteiger partial charge in [0.15, 0.2) is 5.13 Å². The molecule has 1 atom stereocenters. The third-order valence-electron chi connectivity index (χ3n) is 4.14. The summed E-state index contributed by atoms with van der Waals surface area (Å²) in [5.74, 6) is -0.234. The Morgan fingerprint density at radius 3 is 2.67 bits per heavy atom. The topological polar surface area (TPSA) is 40.7 Å². The average Bonchev–Trinajstić information content (AvgIpc) is 3.20. The molecule has 5 heteroatoms. The Morgan fingerprint density at radius 1 is 1.12 bits per heavy atom. The maximum atomic E-state index is 13.4. The zero-order valence-electron chi connectivity index (χ0n) is 13.1. The number of para-hydroxylation sites is 1. The van der Waals surface area contributed by atoms with Crippen LogP contribution in [0.15, 0.2) is 60.1 Å². The average molecular weight is 337 g/mol. The van der Waals surface area contributed by atoms with E-state index in [2.05, 4.69) is 34.3 Å². The smallest absolute Gasteiger partial charge is 0.183 e. The molecule has 0 amide bonds. The number of H-pyrrole nitrogens is 1. The fraction of sp³-hybridized carbons (Fsp3) is 0.105. The Balaban J connectivity index is 1.87. The Bertz CT molecular complexity index is 958. The molecule has 2 heterocycles. The van der Waals surface area contributed by atoms with Gasteiger partial charge in [-0.15, -0.1) is 11.3 Å². The fourth-order valence-electron chi connectivity index (χ4n) is 3.07. The number of nitrogens with one attached hydrogen (secondary N) is 2. The number of aromatic nitrogens is 2. The van der Waals surface area contributed by atoms with E-state index in [0.717, 1.165) is 32.9 Å². The molecule has 0 saturated carbocycles. The molecule has 0 radical (unpaired) electrons. The van der Waals surface area contributed by atoms with Crippen LogP contribution in [-0.4, -0.2) is 9.97 Å². The van der Waals surface area contributed by atoms with Crippen molar-refractivity contribution in [1.29, 1.82) is 0 Å². The Morgan fingerprint density at radius 2 is 1.92 bits per heavy atom. The van der Waals surface area contributed by atoms with Gasteiger partial charge in [0, 0.05) is 33.7 Å². The SMILES string of the molecule is Cc1[nH]c2ccccc2c1C(Nc1nccs1)c1ccc(F)cc1. The molecule has 120 valence electrons.